The molecule has 1 aliphatic rings. The summed E-state index contributed by atoms with van der Waals surface area (Å²) in [6.07, 6.45) is 7.59. The maximum Gasteiger partial charge on any atom is 0.307 e. The number of carbonyl (C=O) groups is 1. The summed E-state index contributed by atoms with van der Waals surface area (Å²) < 4.78 is 2.06. The molecule has 0 amide bonds. The highest BCUT2D eigenvalue weighted by atomic mass is 16.4. The Morgan fingerprint density at radius 3 is 3.00 bits per heavy atom. The predicted octanol–water partition coefficient (Wildman–Crippen LogP) is 2.26. The SMILES string of the molecule is CCn1ccnc1C1CCCCC1C(=O)O. The molecule has 0 saturated heterocycles. The first-order valence-corrected chi connectivity index (χ1v) is 5.98. The van der Waals surface area contributed by atoms with Gasteiger partial charge in [0.1, 0.15) is 5.82 Å². The summed E-state index contributed by atoms with van der Waals surface area (Å²) in [6, 6.07) is 0. The van der Waals surface area contributed by atoms with Crippen molar-refractivity contribution in [2.75, 3.05) is 0 Å². The Balaban J connectivity index is 2.26. The molecule has 1 saturated carbocycles. The van der Waals surface area contributed by atoms with E-state index in [0.29, 0.717) is 0 Å². The molecule has 16 heavy (non-hydrogen) atoms. The van der Waals surface area contributed by atoms with Crippen LogP contribution in [-0.2, 0) is 11.3 Å². The van der Waals surface area contributed by atoms with Crippen LogP contribution in [0.1, 0.15) is 44.3 Å². The van der Waals surface area contributed by atoms with Crippen LogP contribution in [0.25, 0.3) is 0 Å². The van der Waals surface area contributed by atoms with Crippen LogP contribution in [0.3, 0.4) is 0 Å². The van der Waals surface area contributed by atoms with Gasteiger partial charge in [0.15, 0.2) is 0 Å². The van der Waals surface area contributed by atoms with Crippen LogP contribution in [0.15, 0.2) is 12.4 Å². The number of carboxylic acids is 1. The van der Waals surface area contributed by atoms with Crippen LogP contribution in [0, 0.1) is 5.92 Å². The third kappa shape index (κ3) is 1.96. The van der Waals surface area contributed by atoms with E-state index in [-0.39, 0.29) is 11.8 Å². The average molecular weight is 222 g/mol. The minimum atomic E-state index is -0.671. The summed E-state index contributed by atoms with van der Waals surface area (Å²) in [5, 5.41) is 9.23. The van der Waals surface area contributed by atoms with Crippen molar-refractivity contribution in [3.63, 3.8) is 0 Å². The lowest BCUT2D eigenvalue weighted by Gasteiger charge is -2.28. The quantitative estimate of drug-likeness (QED) is 0.853. The van der Waals surface area contributed by atoms with Crippen LogP contribution >= 0.6 is 0 Å². The number of hydrogen-bond donors (Lipinski definition) is 1. The Hall–Kier alpha value is -1.32. The van der Waals surface area contributed by atoms with Crippen molar-refractivity contribution in [1.82, 2.24) is 9.55 Å². The number of nitrogens with zero attached hydrogens (tertiary/aromatic N) is 2. The van der Waals surface area contributed by atoms with Gasteiger partial charge in [0.2, 0.25) is 0 Å². The van der Waals surface area contributed by atoms with Crippen LogP contribution in [0.2, 0.25) is 0 Å². The van der Waals surface area contributed by atoms with E-state index in [2.05, 4.69) is 16.5 Å². The monoisotopic (exact) mass is 222 g/mol. The molecule has 1 aliphatic carbocycles. The molecule has 1 aromatic rings. The van der Waals surface area contributed by atoms with Crippen molar-refractivity contribution < 1.29 is 9.90 Å². The van der Waals surface area contributed by atoms with Crippen molar-refractivity contribution in [1.29, 1.82) is 0 Å². The van der Waals surface area contributed by atoms with E-state index >= 15 is 0 Å². The van der Waals surface area contributed by atoms with E-state index in [9.17, 15) is 9.90 Å². The zero-order valence-electron chi connectivity index (χ0n) is 9.59. The molecule has 2 rings (SSSR count). The smallest absolute Gasteiger partial charge is 0.307 e. The second-order valence-electron chi connectivity index (χ2n) is 4.41. The minimum Gasteiger partial charge on any atom is -0.481 e. The summed E-state index contributed by atoms with van der Waals surface area (Å²) in [5.41, 5.74) is 0. The Morgan fingerprint density at radius 2 is 2.31 bits per heavy atom. The largest absolute Gasteiger partial charge is 0.481 e. The van der Waals surface area contributed by atoms with Crippen molar-refractivity contribution in [3.05, 3.63) is 18.2 Å². The van der Waals surface area contributed by atoms with Gasteiger partial charge in [-0.25, -0.2) is 4.98 Å². The Morgan fingerprint density at radius 1 is 1.56 bits per heavy atom. The maximum atomic E-state index is 11.2. The number of imidazole rings is 1. The fraction of sp³-hybridized carbons (Fsp3) is 0.667. The number of aryl methyl sites for hydroxylation is 1. The Labute approximate surface area is 95.3 Å². The molecular weight excluding hydrogens is 204 g/mol. The van der Waals surface area contributed by atoms with Crippen molar-refractivity contribution >= 4 is 5.97 Å². The first-order chi connectivity index (χ1) is 7.74. The van der Waals surface area contributed by atoms with E-state index in [4.69, 9.17) is 0 Å². The lowest BCUT2D eigenvalue weighted by atomic mass is 9.78. The van der Waals surface area contributed by atoms with E-state index in [1.54, 1.807) is 6.20 Å². The predicted molar refractivity (Wildman–Crippen MR) is 60.2 cm³/mol. The second-order valence-corrected chi connectivity index (χ2v) is 4.41. The molecule has 1 heterocycles. The van der Waals surface area contributed by atoms with Gasteiger partial charge in [-0.15, -0.1) is 0 Å². The zero-order chi connectivity index (χ0) is 11.5. The molecule has 2 atom stereocenters. The number of rotatable bonds is 3. The summed E-state index contributed by atoms with van der Waals surface area (Å²) in [7, 11) is 0. The molecule has 0 aliphatic heterocycles. The fourth-order valence-corrected chi connectivity index (χ4v) is 2.65. The molecule has 1 N–H and O–H groups in total. The zero-order valence-corrected chi connectivity index (χ0v) is 9.59. The van der Waals surface area contributed by atoms with E-state index in [1.165, 1.54) is 0 Å². The van der Waals surface area contributed by atoms with Gasteiger partial charge in [0, 0.05) is 24.9 Å². The molecule has 0 radical (unpaired) electrons. The number of hydrogen-bond acceptors (Lipinski definition) is 2. The standard InChI is InChI=1S/C12H18N2O2/c1-2-14-8-7-13-11(14)9-5-3-4-6-10(9)12(15)16/h7-10H,2-6H2,1H3,(H,15,16). The van der Waals surface area contributed by atoms with E-state index in [1.807, 2.05) is 6.20 Å². The van der Waals surface area contributed by atoms with Gasteiger partial charge in [0.05, 0.1) is 5.92 Å². The van der Waals surface area contributed by atoms with Crippen molar-refractivity contribution in [3.8, 4) is 0 Å². The molecule has 0 spiro atoms. The summed E-state index contributed by atoms with van der Waals surface area (Å²) >= 11 is 0. The molecule has 2 unspecified atom stereocenters. The molecule has 1 aromatic heterocycles. The molecule has 1 fully saturated rings. The third-order valence-corrected chi connectivity index (χ3v) is 3.50. The van der Waals surface area contributed by atoms with Gasteiger partial charge in [-0.1, -0.05) is 12.8 Å². The number of aliphatic carboxylic acids is 1. The third-order valence-electron chi connectivity index (χ3n) is 3.50. The van der Waals surface area contributed by atoms with Gasteiger partial charge in [-0.2, -0.15) is 0 Å². The molecule has 0 bridgehead atoms. The summed E-state index contributed by atoms with van der Waals surface area (Å²) in [4.78, 5) is 15.6. The molecule has 4 heteroatoms. The first kappa shape index (κ1) is 11.2. The fourth-order valence-electron chi connectivity index (χ4n) is 2.65. The molecule has 0 aromatic carbocycles. The van der Waals surface area contributed by atoms with E-state index in [0.717, 1.165) is 38.1 Å². The van der Waals surface area contributed by atoms with Crippen LogP contribution < -0.4 is 0 Å². The lowest BCUT2D eigenvalue weighted by molar-refractivity contribution is -0.143. The topological polar surface area (TPSA) is 55.1 Å². The van der Waals surface area contributed by atoms with Crippen LogP contribution in [0.5, 0.6) is 0 Å². The number of aromatic nitrogens is 2. The van der Waals surface area contributed by atoms with Crippen LogP contribution in [-0.4, -0.2) is 20.6 Å². The molecular formula is C12H18N2O2. The summed E-state index contributed by atoms with van der Waals surface area (Å²) in [6.45, 7) is 2.92. The maximum absolute atomic E-state index is 11.2. The number of carboxylic acid groups (broad SMARTS) is 1. The Kier molecular flexibility index (Phi) is 3.27. The average Bonchev–Trinajstić information content (AvgIpc) is 2.76. The molecule has 88 valence electrons. The van der Waals surface area contributed by atoms with Gasteiger partial charge in [0.25, 0.3) is 0 Å². The van der Waals surface area contributed by atoms with Gasteiger partial charge >= 0.3 is 5.97 Å². The lowest BCUT2D eigenvalue weighted by Crippen LogP contribution is -2.27. The second kappa shape index (κ2) is 4.68. The van der Waals surface area contributed by atoms with Gasteiger partial charge in [-0.3, -0.25) is 4.79 Å². The highest BCUT2D eigenvalue weighted by molar-refractivity contribution is 5.71. The van der Waals surface area contributed by atoms with Gasteiger partial charge in [-0.05, 0) is 19.8 Å². The summed E-state index contributed by atoms with van der Waals surface area (Å²) in [5.74, 6) is 0.132. The first-order valence-electron chi connectivity index (χ1n) is 5.98. The van der Waals surface area contributed by atoms with E-state index < -0.39 is 5.97 Å². The highest BCUT2D eigenvalue weighted by Crippen LogP contribution is 2.37. The van der Waals surface area contributed by atoms with Crippen molar-refractivity contribution in [2.24, 2.45) is 5.92 Å². The van der Waals surface area contributed by atoms with Crippen molar-refractivity contribution in [2.45, 2.75) is 45.1 Å². The van der Waals surface area contributed by atoms with Gasteiger partial charge < -0.3 is 9.67 Å². The molecule has 4 nitrogen and oxygen atoms in total. The Bertz CT molecular complexity index is 373. The van der Waals surface area contributed by atoms with Crippen LogP contribution in [0.4, 0.5) is 0 Å². The normalized spacial score (nSPS) is 25.6. The minimum absolute atomic E-state index is 0.0983. The highest BCUT2D eigenvalue weighted by Gasteiger charge is 2.34.